The Kier molecular flexibility index (Phi) is 6.46. The number of nitrogens with zero attached hydrogens (tertiary/aromatic N) is 6. The molecule has 2 fully saturated rings. The molecular formula is C25H32N6O. The van der Waals surface area contributed by atoms with Crippen molar-refractivity contribution in [2.75, 3.05) is 37.7 Å². The van der Waals surface area contributed by atoms with Crippen LogP contribution in [0.25, 0.3) is 11.3 Å². The molecule has 7 heteroatoms. The Hall–Kier alpha value is -2.77. The third kappa shape index (κ3) is 4.69. The zero-order chi connectivity index (χ0) is 21.8. The number of rotatable bonds is 7. The molecule has 0 radical (unpaired) electrons. The average Bonchev–Trinajstić information content (AvgIpc) is 3.51. The third-order valence-electron chi connectivity index (χ3n) is 6.57. The molecular weight excluding hydrogens is 400 g/mol. The van der Waals surface area contributed by atoms with Gasteiger partial charge in [-0.3, -0.25) is 9.58 Å². The predicted octanol–water partition coefficient (Wildman–Crippen LogP) is 3.31. The standard InChI is InChI=1S/C25H32N6O/c32-16-15-31-19-22(23-10-11-26-25(27-23)30-13-4-5-14-30)24(28-31)21-9-6-12-29(18-21)17-20-7-2-1-3-8-20/h1-3,7-8,10-11,19,21,32H,4-6,9,12-18H2/t21-/m1/s1. The number of aliphatic hydroxyl groups is 1. The van der Waals surface area contributed by atoms with Crippen molar-refractivity contribution in [3.63, 3.8) is 0 Å². The van der Waals surface area contributed by atoms with Crippen molar-refractivity contribution in [3.8, 4) is 11.3 Å². The molecule has 1 aromatic carbocycles. The highest BCUT2D eigenvalue weighted by molar-refractivity contribution is 5.63. The van der Waals surface area contributed by atoms with E-state index in [2.05, 4.69) is 51.3 Å². The van der Waals surface area contributed by atoms with Crippen LogP contribution in [0.1, 0.15) is 42.9 Å². The Morgan fingerprint density at radius 2 is 1.84 bits per heavy atom. The van der Waals surface area contributed by atoms with E-state index in [1.165, 1.54) is 18.4 Å². The second-order valence-electron chi connectivity index (χ2n) is 8.91. The van der Waals surface area contributed by atoms with Crippen LogP contribution < -0.4 is 4.90 Å². The molecule has 2 aliphatic heterocycles. The zero-order valence-electron chi connectivity index (χ0n) is 18.6. The predicted molar refractivity (Wildman–Crippen MR) is 125 cm³/mol. The molecule has 5 rings (SSSR count). The minimum absolute atomic E-state index is 0.0775. The molecule has 2 aliphatic rings. The van der Waals surface area contributed by atoms with Crippen LogP contribution in [0.4, 0.5) is 5.95 Å². The SMILES string of the molecule is OCCn1cc(-c2ccnc(N3CCCC3)n2)c([C@@H]2CCCN(Cc3ccccc3)C2)n1. The van der Waals surface area contributed by atoms with Crippen LogP contribution >= 0.6 is 0 Å². The third-order valence-corrected chi connectivity index (χ3v) is 6.57. The van der Waals surface area contributed by atoms with Crippen molar-refractivity contribution < 1.29 is 5.11 Å². The maximum Gasteiger partial charge on any atom is 0.225 e. The van der Waals surface area contributed by atoms with Gasteiger partial charge in [-0.2, -0.15) is 5.10 Å². The molecule has 3 aromatic rings. The number of piperidine rings is 1. The maximum atomic E-state index is 9.49. The Balaban J connectivity index is 1.41. The zero-order valence-corrected chi connectivity index (χ0v) is 18.6. The van der Waals surface area contributed by atoms with Crippen LogP contribution in [0.3, 0.4) is 0 Å². The topological polar surface area (TPSA) is 70.3 Å². The van der Waals surface area contributed by atoms with Crippen molar-refractivity contribution >= 4 is 5.95 Å². The first-order valence-electron chi connectivity index (χ1n) is 11.8. The number of aliphatic hydroxyl groups excluding tert-OH is 1. The Morgan fingerprint density at radius 3 is 2.66 bits per heavy atom. The highest BCUT2D eigenvalue weighted by Gasteiger charge is 2.27. The highest BCUT2D eigenvalue weighted by Crippen LogP contribution is 2.34. The van der Waals surface area contributed by atoms with Gasteiger partial charge in [0.25, 0.3) is 0 Å². The van der Waals surface area contributed by atoms with Crippen molar-refractivity contribution in [2.45, 2.75) is 44.7 Å². The molecule has 168 valence electrons. The van der Waals surface area contributed by atoms with Crippen molar-refractivity contribution in [1.29, 1.82) is 0 Å². The number of likely N-dealkylation sites (tertiary alicyclic amines) is 1. The molecule has 1 N–H and O–H groups in total. The van der Waals surface area contributed by atoms with E-state index in [0.717, 1.165) is 68.5 Å². The summed E-state index contributed by atoms with van der Waals surface area (Å²) in [6, 6.07) is 12.7. The molecule has 2 saturated heterocycles. The Labute approximate surface area is 189 Å². The summed E-state index contributed by atoms with van der Waals surface area (Å²) in [6.45, 7) is 5.70. The van der Waals surface area contributed by atoms with Crippen molar-refractivity contribution in [1.82, 2.24) is 24.6 Å². The van der Waals surface area contributed by atoms with E-state index >= 15 is 0 Å². The van der Waals surface area contributed by atoms with Gasteiger partial charge >= 0.3 is 0 Å². The molecule has 0 aliphatic carbocycles. The van der Waals surface area contributed by atoms with Crippen LogP contribution in [-0.2, 0) is 13.1 Å². The number of hydrogen-bond acceptors (Lipinski definition) is 6. The monoisotopic (exact) mass is 432 g/mol. The summed E-state index contributed by atoms with van der Waals surface area (Å²) in [5, 5.41) is 14.4. The molecule has 32 heavy (non-hydrogen) atoms. The molecule has 0 saturated carbocycles. The van der Waals surface area contributed by atoms with Gasteiger partial charge in [-0.25, -0.2) is 9.97 Å². The van der Waals surface area contributed by atoms with E-state index < -0.39 is 0 Å². The number of anilines is 1. The second kappa shape index (κ2) is 9.79. The van der Waals surface area contributed by atoms with E-state index in [0.29, 0.717) is 12.5 Å². The van der Waals surface area contributed by atoms with Gasteiger partial charge in [0.2, 0.25) is 5.95 Å². The van der Waals surface area contributed by atoms with Crippen LogP contribution in [0.2, 0.25) is 0 Å². The first-order chi connectivity index (χ1) is 15.8. The fourth-order valence-corrected chi connectivity index (χ4v) is 4.98. The lowest BCUT2D eigenvalue weighted by Gasteiger charge is -2.32. The summed E-state index contributed by atoms with van der Waals surface area (Å²) in [6.07, 6.45) is 8.60. The van der Waals surface area contributed by atoms with E-state index in [4.69, 9.17) is 10.1 Å². The smallest absolute Gasteiger partial charge is 0.225 e. The summed E-state index contributed by atoms with van der Waals surface area (Å²) in [7, 11) is 0. The van der Waals surface area contributed by atoms with Gasteiger partial charge in [0.05, 0.1) is 24.5 Å². The number of aromatic nitrogens is 4. The quantitative estimate of drug-likeness (QED) is 0.618. The molecule has 4 heterocycles. The molecule has 0 spiro atoms. The van der Waals surface area contributed by atoms with E-state index in [-0.39, 0.29) is 6.61 Å². The van der Waals surface area contributed by atoms with Gasteiger partial charge in [-0.05, 0) is 43.9 Å². The van der Waals surface area contributed by atoms with Gasteiger partial charge in [-0.15, -0.1) is 0 Å². The van der Waals surface area contributed by atoms with Crippen LogP contribution in [0.15, 0.2) is 48.8 Å². The van der Waals surface area contributed by atoms with Crippen LogP contribution in [-0.4, -0.2) is 62.5 Å². The van der Waals surface area contributed by atoms with Crippen molar-refractivity contribution in [2.24, 2.45) is 0 Å². The van der Waals surface area contributed by atoms with Gasteiger partial charge in [0.15, 0.2) is 0 Å². The molecule has 0 amide bonds. The fourth-order valence-electron chi connectivity index (χ4n) is 4.98. The van der Waals surface area contributed by atoms with Crippen molar-refractivity contribution in [3.05, 3.63) is 60.0 Å². The lowest BCUT2D eigenvalue weighted by Crippen LogP contribution is -2.34. The summed E-state index contributed by atoms with van der Waals surface area (Å²) >= 11 is 0. The lowest BCUT2D eigenvalue weighted by atomic mass is 9.91. The summed E-state index contributed by atoms with van der Waals surface area (Å²) in [4.78, 5) is 14.3. The van der Waals surface area contributed by atoms with E-state index in [9.17, 15) is 5.11 Å². The van der Waals surface area contributed by atoms with Gasteiger partial charge in [0, 0.05) is 50.1 Å². The first-order valence-corrected chi connectivity index (χ1v) is 11.8. The normalized spacial score (nSPS) is 19.5. The Morgan fingerprint density at radius 1 is 1.00 bits per heavy atom. The van der Waals surface area contributed by atoms with Gasteiger partial charge in [0.1, 0.15) is 0 Å². The highest BCUT2D eigenvalue weighted by atomic mass is 16.3. The largest absolute Gasteiger partial charge is 0.394 e. The first kappa shape index (κ1) is 21.1. The van der Waals surface area contributed by atoms with Gasteiger partial charge < -0.3 is 10.0 Å². The van der Waals surface area contributed by atoms with E-state index in [1.54, 1.807) is 0 Å². The summed E-state index contributed by atoms with van der Waals surface area (Å²) < 4.78 is 1.87. The molecule has 1 atom stereocenters. The summed E-state index contributed by atoms with van der Waals surface area (Å²) in [5.74, 6) is 1.17. The maximum absolute atomic E-state index is 9.49. The fraction of sp³-hybridized carbons (Fsp3) is 0.480. The number of benzene rings is 1. The average molecular weight is 433 g/mol. The molecule has 2 aromatic heterocycles. The molecule has 0 unspecified atom stereocenters. The second-order valence-corrected chi connectivity index (χ2v) is 8.91. The van der Waals surface area contributed by atoms with Crippen LogP contribution in [0, 0.1) is 0 Å². The molecule has 0 bridgehead atoms. The minimum Gasteiger partial charge on any atom is -0.394 e. The molecule has 7 nitrogen and oxygen atoms in total. The summed E-state index contributed by atoms with van der Waals surface area (Å²) in [5.41, 5.74) is 4.46. The van der Waals surface area contributed by atoms with Gasteiger partial charge in [-0.1, -0.05) is 30.3 Å². The lowest BCUT2D eigenvalue weighted by molar-refractivity contribution is 0.198. The minimum atomic E-state index is 0.0775. The van der Waals surface area contributed by atoms with E-state index in [1.807, 2.05) is 16.9 Å². The number of hydrogen-bond donors (Lipinski definition) is 1. The van der Waals surface area contributed by atoms with Crippen LogP contribution in [0.5, 0.6) is 0 Å². The Bertz CT molecular complexity index is 1010.